The van der Waals surface area contributed by atoms with Crippen LogP contribution in [-0.2, 0) is 16.0 Å². The van der Waals surface area contributed by atoms with Gasteiger partial charge in [0.1, 0.15) is 0 Å². The highest BCUT2D eigenvalue weighted by Gasteiger charge is 2.12. The van der Waals surface area contributed by atoms with Crippen molar-refractivity contribution in [3.05, 3.63) is 29.8 Å². The second kappa shape index (κ2) is 8.45. The van der Waals surface area contributed by atoms with Gasteiger partial charge in [0, 0.05) is 12.1 Å². The van der Waals surface area contributed by atoms with E-state index in [9.17, 15) is 9.59 Å². The summed E-state index contributed by atoms with van der Waals surface area (Å²) in [5.41, 5.74) is 1.72. The number of carbonyl (C=O) groups is 2. The van der Waals surface area contributed by atoms with Crippen LogP contribution in [0.2, 0.25) is 0 Å². The molecule has 2 N–H and O–H groups in total. The van der Waals surface area contributed by atoms with Crippen molar-refractivity contribution in [1.82, 2.24) is 0 Å². The SMILES string of the molecule is CCCC(C)CC(=O)Nc1ccc(CC(C)C(=O)O)cc1. The molecule has 4 heteroatoms. The van der Waals surface area contributed by atoms with Gasteiger partial charge in [0.2, 0.25) is 5.91 Å². The summed E-state index contributed by atoms with van der Waals surface area (Å²) in [7, 11) is 0. The van der Waals surface area contributed by atoms with E-state index in [-0.39, 0.29) is 5.91 Å². The fourth-order valence-electron chi connectivity index (χ4n) is 2.29. The normalized spacial score (nSPS) is 13.5. The number of amides is 1. The molecule has 116 valence electrons. The summed E-state index contributed by atoms with van der Waals surface area (Å²) in [6.07, 6.45) is 3.17. The van der Waals surface area contributed by atoms with Crippen LogP contribution in [0.5, 0.6) is 0 Å². The minimum atomic E-state index is -0.794. The molecule has 1 rings (SSSR count). The van der Waals surface area contributed by atoms with Crippen LogP contribution in [0.3, 0.4) is 0 Å². The lowest BCUT2D eigenvalue weighted by atomic mass is 10.0. The molecule has 0 spiro atoms. The molecule has 0 aliphatic rings. The van der Waals surface area contributed by atoms with Gasteiger partial charge in [0.05, 0.1) is 5.92 Å². The molecule has 0 aromatic heterocycles. The number of hydrogen-bond donors (Lipinski definition) is 2. The number of benzene rings is 1. The van der Waals surface area contributed by atoms with Gasteiger partial charge in [-0.1, -0.05) is 45.7 Å². The summed E-state index contributed by atoms with van der Waals surface area (Å²) in [4.78, 5) is 22.7. The van der Waals surface area contributed by atoms with Crippen molar-refractivity contribution < 1.29 is 14.7 Å². The average molecular weight is 291 g/mol. The van der Waals surface area contributed by atoms with Gasteiger partial charge in [0.25, 0.3) is 0 Å². The Morgan fingerprint density at radius 1 is 1.19 bits per heavy atom. The molecule has 1 amide bonds. The molecular weight excluding hydrogens is 266 g/mol. The van der Waals surface area contributed by atoms with Crippen LogP contribution in [-0.4, -0.2) is 17.0 Å². The molecule has 2 atom stereocenters. The third-order valence-electron chi connectivity index (χ3n) is 3.52. The lowest BCUT2D eigenvalue weighted by molar-refractivity contribution is -0.141. The van der Waals surface area contributed by atoms with Crippen LogP contribution in [0.15, 0.2) is 24.3 Å². The summed E-state index contributed by atoms with van der Waals surface area (Å²) in [6.45, 7) is 5.89. The molecule has 0 saturated carbocycles. The smallest absolute Gasteiger partial charge is 0.306 e. The van der Waals surface area contributed by atoms with E-state index in [0.29, 0.717) is 18.8 Å². The second-order valence-corrected chi connectivity index (χ2v) is 5.79. The summed E-state index contributed by atoms with van der Waals surface area (Å²) in [6, 6.07) is 7.38. The molecule has 0 saturated heterocycles. The molecule has 1 aromatic rings. The van der Waals surface area contributed by atoms with Crippen molar-refractivity contribution >= 4 is 17.6 Å². The van der Waals surface area contributed by atoms with Crippen LogP contribution in [0.4, 0.5) is 5.69 Å². The highest BCUT2D eigenvalue weighted by atomic mass is 16.4. The number of nitrogens with one attached hydrogen (secondary N) is 1. The molecular formula is C17H25NO3. The maximum atomic E-state index is 11.9. The first-order valence-corrected chi connectivity index (χ1v) is 7.54. The number of anilines is 1. The van der Waals surface area contributed by atoms with Crippen molar-refractivity contribution in [2.45, 2.75) is 46.5 Å². The van der Waals surface area contributed by atoms with Gasteiger partial charge in [-0.3, -0.25) is 9.59 Å². The standard InChI is InChI=1S/C17H25NO3/c1-4-5-12(2)10-16(19)18-15-8-6-14(7-9-15)11-13(3)17(20)21/h6-9,12-13H,4-5,10-11H2,1-3H3,(H,18,19)(H,20,21). The number of carboxylic acid groups (broad SMARTS) is 1. The van der Waals surface area contributed by atoms with Gasteiger partial charge in [-0.15, -0.1) is 0 Å². The minimum absolute atomic E-state index is 0.0302. The summed E-state index contributed by atoms with van der Waals surface area (Å²) in [5, 5.41) is 11.8. The van der Waals surface area contributed by atoms with E-state index in [1.165, 1.54) is 0 Å². The van der Waals surface area contributed by atoms with Crippen LogP contribution in [0, 0.1) is 11.8 Å². The monoisotopic (exact) mass is 291 g/mol. The Bertz CT molecular complexity index is 467. The van der Waals surface area contributed by atoms with Crippen molar-refractivity contribution in [3.63, 3.8) is 0 Å². The Morgan fingerprint density at radius 2 is 1.81 bits per heavy atom. The average Bonchev–Trinajstić information content (AvgIpc) is 2.40. The largest absolute Gasteiger partial charge is 0.481 e. The lowest BCUT2D eigenvalue weighted by Crippen LogP contribution is -2.15. The molecule has 0 bridgehead atoms. The Kier molecular flexibility index (Phi) is 6.92. The van der Waals surface area contributed by atoms with Gasteiger partial charge in [-0.05, 0) is 30.0 Å². The first kappa shape index (κ1) is 17.2. The highest BCUT2D eigenvalue weighted by molar-refractivity contribution is 5.90. The van der Waals surface area contributed by atoms with E-state index < -0.39 is 11.9 Å². The van der Waals surface area contributed by atoms with Crippen molar-refractivity contribution in [2.24, 2.45) is 11.8 Å². The first-order valence-electron chi connectivity index (χ1n) is 7.54. The lowest BCUT2D eigenvalue weighted by Gasteiger charge is -2.11. The van der Waals surface area contributed by atoms with E-state index in [2.05, 4.69) is 19.2 Å². The van der Waals surface area contributed by atoms with Gasteiger partial charge >= 0.3 is 5.97 Å². The molecule has 0 aliphatic heterocycles. The van der Waals surface area contributed by atoms with Gasteiger partial charge in [0.15, 0.2) is 0 Å². The topological polar surface area (TPSA) is 66.4 Å². The van der Waals surface area contributed by atoms with Gasteiger partial charge < -0.3 is 10.4 Å². The van der Waals surface area contributed by atoms with Crippen LogP contribution >= 0.6 is 0 Å². The Balaban J connectivity index is 2.50. The number of carboxylic acids is 1. The van der Waals surface area contributed by atoms with E-state index >= 15 is 0 Å². The molecule has 4 nitrogen and oxygen atoms in total. The first-order chi connectivity index (χ1) is 9.92. The number of hydrogen-bond acceptors (Lipinski definition) is 2. The molecule has 1 aromatic carbocycles. The predicted molar refractivity (Wildman–Crippen MR) is 84.3 cm³/mol. The van der Waals surface area contributed by atoms with Gasteiger partial charge in [-0.25, -0.2) is 0 Å². The van der Waals surface area contributed by atoms with Crippen LogP contribution in [0.25, 0.3) is 0 Å². The third-order valence-corrected chi connectivity index (χ3v) is 3.52. The molecule has 0 heterocycles. The zero-order chi connectivity index (χ0) is 15.8. The summed E-state index contributed by atoms with van der Waals surface area (Å²) < 4.78 is 0. The van der Waals surface area contributed by atoms with Crippen LogP contribution in [0.1, 0.15) is 45.6 Å². The molecule has 2 unspecified atom stereocenters. The second-order valence-electron chi connectivity index (χ2n) is 5.79. The maximum absolute atomic E-state index is 11.9. The van der Waals surface area contributed by atoms with Gasteiger partial charge in [-0.2, -0.15) is 0 Å². The number of rotatable bonds is 8. The maximum Gasteiger partial charge on any atom is 0.306 e. The van der Waals surface area contributed by atoms with Crippen molar-refractivity contribution in [3.8, 4) is 0 Å². The molecule has 0 fully saturated rings. The fraction of sp³-hybridized carbons (Fsp3) is 0.529. The third kappa shape index (κ3) is 6.43. The Labute approximate surface area is 126 Å². The van der Waals surface area contributed by atoms with E-state index in [4.69, 9.17) is 5.11 Å². The zero-order valence-electron chi connectivity index (χ0n) is 13.1. The Hall–Kier alpha value is -1.84. The zero-order valence-corrected chi connectivity index (χ0v) is 13.1. The van der Waals surface area contributed by atoms with E-state index in [1.54, 1.807) is 6.92 Å². The number of carbonyl (C=O) groups excluding carboxylic acids is 1. The number of aliphatic carboxylic acids is 1. The van der Waals surface area contributed by atoms with Crippen molar-refractivity contribution in [1.29, 1.82) is 0 Å². The molecule has 21 heavy (non-hydrogen) atoms. The predicted octanol–water partition coefficient (Wildman–Crippen LogP) is 3.71. The van der Waals surface area contributed by atoms with Crippen molar-refractivity contribution in [2.75, 3.05) is 5.32 Å². The highest BCUT2D eigenvalue weighted by Crippen LogP contribution is 2.15. The van der Waals surface area contributed by atoms with Crippen LogP contribution < -0.4 is 5.32 Å². The Morgan fingerprint density at radius 3 is 2.33 bits per heavy atom. The quantitative estimate of drug-likeness (QED) is 0.767. The van der Waals surface area contributed by atoms with E-state index in [1.807, 2.05) is 24.3 Å². The molecule has 0 aliphatic carbocycles. The fourth-order valence-corrected chi connectivity index (χ4v) is 2.29. The minimum Gasteiger partial charge on any atom is -0.481 e. The molecule has 0 radical (unpaired) electrons. The summed E-state index contributed by atoms with van der Waals surface area (Å²) >= 11 is 0. The van der Waals surface area contributed by atoms with E-state index in [0.717, 1.165) is 24.1 Å². The summed E-state index contributed by atoms with van der Waals surface area (Å²) in [5.74, 6) is -0.772.